The summed E-state index contributed by atoms with van der Waals surface area (Å²) in [6, 6.07) is 4.49. The van der Waals surface area contributed by atoms with Crippen LogP contribution in [0.3, 0.4) is 0 Å². The van der Waals surface area contributed by atoms with Crippen molar-refractivity contribution >= 4 is 5.91 Å². The molecule has 1 amide bonds. The van der Waals surface area contributed by atoms with E-state index in [1.807, 2.05) is 11.1 Å². The minimum absolute atomic E-state index is 0.118. The average Bonchev–Trinajstić information content (AvgIpc) is 2.88. The molecule has 0 radical (unpaired) electrons. The fraction of sp³-hybridized carbons (Fsp3) is 0.500. The van der Waals surface area contributed by atoms with Gasteiger partial charge in [-0.3, -0.25) is 14.7 Å². The van der Waals surface area contributed by atoms with E-state index in [1.54, 1.807) is 19.3 Å². The zero-order valence-corrected chi connectivity index (χ0v) is 15.6. The third-order valence-corrected chi connectivity index (χ3v) is 4.96. The molecule has 2 aromatic heterocycles. The summed E-state index contributed by atoms with van der Waals surface area (Å²) >= 11 is 0. The fourth-order valence-corrected chi connectivity index (χ4v) is 3.53. The van der Waals surface area contributed by atoms with Crippen LogP contribution in [0.15, 0.2) is 37.1 Å². The van der Waals surface area contributed by atoms with E-state index in [2.05, 4.69) is 38.9 Å². The van der Waals surface area contributed by atoms with Crippen LogP contribution in [0.4, 0.5) is 0 Å². The minimum atomic E-state index is 0.118. The summed E-state index contributed by atoms with van der Waals surface area (Å²) in [6.07, 6.45) is 10.1. The molecule has 3 rings (SSSR count). The third-order valence-electron chi connectivity index (χ3n) is 4.96. The minimum Gasteiger partial charge on any atom is -0.335 e. The SMILES string of the molecule is CC(=O)N(Cc1cncnc1)[C@@H]1CCCN(Cc2ccc(C)cn2)CC1. The van der Waals surface area contributed by atoms with Gasteiger partial charge in [0.15, 0.2) is 0 Å². The quantitative estimate of drug-likeness (QED) is 0.827. The Balaban J connectivity index is 1.60. The van der Waals surface area contributed by atoms with Crippen molar-refractivity contribution in [2.75, 3.05) is 13.1 Å². The zero-order chi connectivity index (χ0) is 18.4. The monoisotopic (exact) mass is 353 g/mol. The molecule has 0 unspecified atom stereocenters. The van der Waals surface area contributed by atoms with E-state index in [4.69, 9.17) is 0 Å². The maximum absolute atomic E-state index is 12.2. The molecule has 0 aliphatic carbocycles. The molecule has 2 aromatic rings. The van der Waals surface area contributed by atoms with Crippen LogP contribution in [0, 0.1) is 6.92 Å². The van der Waals surface area contributed by atoms with Gasteiger partial charge >= 0.3 is 0 Å². The number of pyridine rings is 1. The van der Waals surface area contributed by atoms with Crippen LogP contribution in [-0.2, 0) is 17.9 Å². The largest absolute Gasteiger partial charge is 0.335 e. The lowest BCUT2D eigenvalue weighted by atomic mass is 10.1. The third kappa shape index (κ3) is 5.08. The van der Waals surface area contributed by atoms with Crippen LogP contribution in [0.1, 0.15) is 43.0 Å². The maximum atomic E-state index is 12.2. The van der Waals surface area contributed by atoms with Crippen LogP contribution in [0.25, 0.3) is 0 Å². The summed E-state index contributed by atoms with van der Waals surface area (Å²) in [6.45, 7) is 7.20. The van der Waals surface area contributed by atoms with Crippen molar-refractivity contribution in [1.82, 2.24) is 24.8 Å². The molecule has 6 nitrogen and oxygen atoms in total. The maximum Gasteiger partial charge on any atom is 0.219 e. The highest BCUT2D eigenvalue weighted by atomic mass is 16.2. The molecule has 0 bridgehead atoms. The lowest BCUT2D eigenvalue weighted by Gasteiger charge is -2.30. The number of aromatic nitrogens is 3. The van der Waals surface area contributed by atoms with Gasteiger partial charge in [0.2, 0.25) is 5.91 Å². The molecular formula is C20H27N5O. The number of nitrogens with zero attached hydrogens (tertiary/aromatic N) is 5. The van der Waals surface area contributed by atoms with Gasteiger partial charge in [0, 0.05) is 56.8 Å². The van der Waals surface area contributed by atoms with Gasteiger partial charge < -0.3 is 4.90 Å². The van der Waals surface area contributed by atoms with Gasteiger partial charge in [0.25, 0.3) is 0 Å². The van der Waals surface area contributed by atoms with Crippen molar-refractivity contribution in [3.63, 3.8) is 0 Å². The van der Waals surface area contributed by atoms with E-state index < -0.39 is 0 Å². The summed E-state index contributed by atoms with van der Waals surface area (Å²) < 4.78 is 0. The number of hydrogen-bond acceptors (Lipinski definition) is 5. The average molecular weight is 353 g/mol. The smallest absolute Gasteiger partial charge is 0.219 e. The van der Waals surface area contributed by atoms with Crippen molar-refractivity contribution in [3.8, 4) is 0 Å². The number of carbonyl (C=O) groups is 1. The fourth-order valence-electron chi connectivity index (χ4n) is 3.53. The zero-order valence-electron chi connectivity index (χ0n) is 15.6. The highest BCUT2D eigenvalue weighted by molar-refractivity contribution is 5.73. The second-order valence-electron chi connectivity index (χ2n) is 7.08. The Kier molecular flexibility index (Phi) is 6.28. The van der Waals surface area contributed by atoms with Gasteiger partial charge in [-0.1, -0.05) is 6.07 Å². The Morgan fingerprint density at radius 1 is 1.19 bits per heavy atom. The van der Waals surface area contributed by atoms with Gasteiger partial charge in [-0.25, -0.2) is 9.97 Å². The number of likely N-dealkylation sites (tertiary alicyclic amines) is 1. The molecule has 138 valence electrons. The Morgan fingerprint density at radius 2 is 2.00 bits per heavy atom. The lowest BCUT2D eigenvalue weighted by molar-refractivity contribution is -0.132. The molecule has 1 aliphatic heterocycles. The number of rotatable bonds is 5. The van der Waals surface area contributed by atoms with Crippen molar-refractivity contribution in [1.29, 1.82) is 0 Å². The summed E-state index contributed by atoms with van der Waals surface area (Å²) in [5.74, 6) is 0.118. The molecular weight excluding hydrogens is 326 g/mol. The Bertz CT molecular complexity index is 704. The van der Waals surface area contributed by atoms with Gasteiger partial charge in [0.1, 0.15) is 6.33 Å². The first-order valence-corrected chi connectivity index (χ1v) is 9.27. The van der Waals surface area contributed by atoms with E-state index >= 15 is 0 Å². The van der Waals surface area contributed by atoms with E-state index in [-0.39, 0.29) is 11.9 Å². The number of hydrogen-bond donors (Lipinski definition) is 0. The van der Waals surface area contributed by atoms with Crippen molar-refractivity contribution < 1.29 is 4.79 Å². The summed E-state index contributed by atoms with van der Waals surface area (Å²) in [5.41, 5.74) is 3.28. The lowest BCUT2D eigenvalue weighted by Crippen LogP contribution is -2.39. The first-order valence-electron chi connectivity index (χ1n) is 9.27. The van der Waals surface area contributed by atoms with Crippen LogP contribution >= 0.6 is 0 Å². The molecule has 1 fully saturated rings. The first kappa shape index (κ1) is 18.5. The highest BCUT2D eigenvalue weighted by Gasteiger charge is 2.25. The van der Waals surface area contributed by atoms with Crippen molar-refractivity contribution in [2.24, 2.45) is 0 Å². The van der Waals surface area contributed by atoms with Gasteiger partial charge in [-0.05, 0) is 44.4 Å². The second-order valence-corrected chi connectivity index (χ2v) is 7.08. The summed E-state index contributed by atoms with van der Waals surface area (Å²) in [4.78, 5) is 29.3. The van der Waals surface area contributed by atoms with Crippen LogP contribution in [-0.4, -0.2) is 49.8 Å². The van der Waals surface area contributed by atoms with Gasteiger partial charge in [-0.15, -0.1) is 0 Å². The van der Waals surface area contributed by atoms with Gasteiger partial charge in [-0.2, -0.15) is 0 Å². The summed E-state index contributed by atoms with van der Waals surface area (Å²) in [5, 5.41) is 0. The Labute approximate surface area is 155 Å². The standard InChI is InChI=1S/C20H27N5O/c1-16-5-6-19(23-10-16)14-24-8-3-4-20(7-9-24)25(17(2)26)13-18-11-21-15-22-12-18/h5-6,10-12,15,20H,3-4,7-9,13-14H2,1-2H3/t20-/m1/s1. The molecule has 6 heteroatoms. The molecule has 3 heterocycles. The predicted molar refractivity (Wildman–Crippen MR) is 100 cm³/mol. The molecule has 1 saturated heterocycles. The molecule has 0 N–H and O–H groups in total. The van der Waals surface area contributed by atoms with E-state index in [0.29, 0.717) is 6.54 Å². The Hall–Kier alpha value is -2.34. The number of amides is 1. The van der Waals surface area contributed by atoms with Crippen LogP contribution in [0.5, 0.6) is 0 Å². The first-order chi connectivity index (χ1) is 12.6. The molecule has 0 aromatic carbocycles. The predicted octanol–water partition coefficient (Wildman–Crippen LogP) is 2.58. The molecule has 26 heavy (non-hydrogen) atoms. The second kappa shape index (κ2) is 8.85. The van der Waals surface area contributed by atoms with E-state index in [0.717, 1.165) is 50.2 Å². The van der Waals surface area contributed by atoms with E-state index in [9.17, 15) is 4.79 Å². The topological polar surface area (TPSA) is 62.2 Å². The highest BCUT2D eigenvalue weighted by Crippen LogP contribution is 2.20. The molecule has 0 spiro atoms. The molecule has 0 saturated carbocycles. The van der Waals surface area contributed by atoms with E-state index in [1.165, 1.54) is 11.9 Å². The normalized spacial score (nSPS) is 18.3. The van der Waals surface area contributed by atoms with Crippen LogP contribution < -0.4 is 0 Å². The van der Waals surface area contributed by atoms with Crippen molar-refractivity contribution in [2.45, 2.75) is 52.2 Å². The number of aryl methyl sites for hydroxylation is 1. The Morgan fingerprint density at radius 3 is 2.69 bits per heavy atom. The summed E-state index contributed by atoms with van der Waals surface area (Å²) in [7, 11) is 0. The van der Waals surface area contributed by atoms with Crippen LogP contribution in [0.2, 0.25) is 0 Å². The number of carbonyl (C=O) groups excluding carboxylic acids is 1. The van der Waals surface area contributed by atoms with Gasteiger partial charge in [0.05, 0.1) is 5.69 Å². The molecule has 1 aliphatic rings. The van der Waals surface area contributed by atoms with Crippen molar-refractivity contribution in [3.05, 3.63) is 53.9 Å². The molecule has 1 atom stereocenters.